The van der Waals surface area contributed by atoms with Crippen LogP contribution >= 0.6 is 0 Å². The average Bonchev–Trinajstić information content (AvgIpc) is 2.52. The minimum atomic E-state index is -0.545. The zero-order valence-corrected chi connectivity index (χ0v) is 13.8. The number of unbranched alkanes of at least 4 members (excludes halogenated alkanes) is 1. The summed E-state index contributed by atoms with van der Waals surface area (Å²) in [6.45, 7) is 4.02. The first-order valence-corrected chi connectivity index (χ1v) is 7.55. The Morgan fingerprint density at radius 1 is 1.35 bits per heavy atom. The van der Waals surface area contributed by atoms with Gasteiger partial charge in [-0.15, -0.1) is 0 Å². The molecule has 1 aromatic rings. The second-order valence-corrected chi connectivity index (χ2v) is 5.26. The summed E-state index contributed by atoms with van der Waals surface area (Å²) in [4.78, 5) is 24.7. The van der Waals surface area contributed by atoms with Crippen molar-refractivity contribution in [1.82, 2.24) is 4.90 Å². The van der Waals surface area contributed by atoms with E-state index in [1.807, 2.05) is 6.07 Å². The van der Waals surface area contributed by atoms with E-state index < -0.39 is 12.1 Å². The fourth-order valence-corrected chi connectivity index (χ4v) is 2.09. The summed E-state index contributed by atoms with van der Waals surface area (Å²) in [7, 11) is 1.34. The first-order chi connectivity index (χ1) is 11.0. The van der Waals surface area contributed by atoms with Crippen LogP contribution in [0.5, 0.6) is 0 Å². The van der Waals surface area contributed by atoms with Crippen LogP contribution in [0.1, 0.15) is 42.6 Å². The van der Waals surface area contributed by atoms with E-state index in [2.05, 4.69) is 11.8 Å². The van der Waals surface area contributed by atoms with Crippen LogP contribution in [0, 0.1) is 11.8 Å². The molecule has 1 atom stereocenters. The summed E-state index contributed by atoms with van der Waals surface area (Å²) in [5.74, 6) is 5.51. The quantitative estimate of drug-likeness (QED) is 0.494. The van der Waals surface area contributed by atoms with E-state index in [-0.39, 0.29) is 5.91 Å². The van der Waals surface area contributed by atoms with Crippen LogP contribution in [0.4, 0.5) is 0 Å². The third kappa shape index (κ3) is 6.54. The van der Waals surface area contributed by atoms with E-state index in [1.54, 1.807) is 30.0 Å². The second-order valence-electron chi connectivity index (χ2n) is 5.26. The Kier molecular flexibility index (Phi) is 7.86. The molecule has 1 unspecified atom stereocenters. The SMILES string of the molecule is COC(=O)c1ccccc1C#CCCCN(CC(C)O)C(C)=O. The molecule has 1 amide bonds. The molecule has 0 saturated heterocycles. The van der Waals surface area contributed by atoms with Crippen molar-refractivity contribution in [2.45, 2.75) is 32.8 Å². The van der Waals surface area contributed by atoms with Gasteiger partial charge >= 0.3 is 5.97 Å². The number of aliphatic hydroxyl groups excluding tert-OH is 1. The van der Waals surface area contributed by atoms with Crippen LogP contribution in [0.25, 0.3) is 0 Å². The number of methoxy groups -OCH3 is 1. The van der Waals surface area contributed by atoms with Gasteiger partial charge in [0.1, 0.15) is 0 Å². The zero-order chi connectivity index (χ0) is 17.2. The molecule has 5 heteroatoms. The number of hydrogen-bond acceptors (Lipinski definition) is 4. The number of benzene rings is 1. The number of carbonyl (C=O) groups is 2. The number of nitrogens with zero attached hydrogens (tertiary/aromatic N) is 1. The molecule has 0 heterocycles. The lowest BCUT2D eigenvalue weighted by Crippen LogP contribution is -2.35. The van der Waals surface area contributed by atoms with Crippen LogP contribution in [0.2, 0.25) is 0 Å². The summed E-state index contributed by atoms with van der Waals surface area (Å²) in [6, 6.07) is 7.03. The molecule has 1 rings (SSSR count). The van der Waals surface area contributed by atoms with Gasteiger partial charge in [-0.3, -0.25) is 4.79 Å². The highest BCUT2D eigenvalue weighted by molar-refractivity contribution is 5.92. The Labute approximate surface area is 137 Å². The topological polar surface area (TPSA) is 66.8 Å². The van der Waals surface area contributed by atoms with Crippen LogP contribution in [0.15, 0.2) is 24.3 Å². The van der Waals surface area contributed by atoms with Crippen molar-refractivity contribution in [1.29, 1.82) is 0 Å². The fourth-order valence-electron chi connectivity index (χ4n) is 2.09. The molecule has 5 nitrogen and oxygen atoms in total. The molecule has 0 radical (unpaired) electrons. The largest absolute Gasteiger partial charge is 0.465 e. The molecule has 0 saturated carbocycles. The number of ether oxygens (including phenoxy) is 1. The van der Waals surface area contributed by atoms with Gasteiger partial charge in [0.2, 0.25) is 5.91 Å². The predicted octanol–water partition coefficient (Wildman–Crippen LogP) is 1.83. The van der Waals surface area contributed by atoms with E-state index in [0.29, 0.717) is 37.1 Å². The highest BCUT2D eigenvalue weighted by Gasteiger charge is 2.10. The normalized spacial score (nSPS) is 11.1. The molecule has 124 valence electrons. The van der Waals surface area contributed by atoms with E-state index >= 15 is 0 Å². The average molecular weight is 317 g/mol. The number of amides is 1. The molecule has 0 aliphatic heterocycles. The summed E-state index contributed by atoms with van der Waals surface area (Å²) >= 11 is 0. The van der Waals surface area contributed by atoms with Gasteiger partial charge in [-0.25, -0.2) is 4.79 Å². The maximum Gasteiger partial charge on any atom is 0.339 e. The van der Waals surface area contributed by atoms with Crippen molar-refractivity contribution in [2.75, 3.05) is 20.2 Å². The highest BCUT2D eigenvalue weighted by atomic mass is 16.5. The van der Waals surface area contributed by atoms with E-state index in [0.717, 1.165) is 0 Å². The van der Waals surface area contributed by atoms with E-state index in [9.17, 15) is 14.7 Å². The molecule has 0 aliphatic carbocycles. The van der Waals surface area contributed by atoms with Gasteiger partial charge in [0.15, 0.2) is 0 Å². The third-order valence-corrected chi connectivity index (χ3v) is 3.22. The Hall–Kier alpha value is -2.32. The minimum Gasteiger partial charge on any atom is -0.465 e. The van der Waals surface area contributed by atoms with Crippen LogP contribution in [-0.4, -0.2) is 48.2 Å². The Balaban J connectivity index is 2.59. The Morgan fingerprint density at radius 2 is 2.04 bits per heavy atom. The minimum absolute atomic E-state index is 0.0603. The Morgan fingerprint density at radius 3 is 2.65 bits per heavy atom. The maximum atomic E-state index is 11.6. The first kappa shape index (κ1) is 18.7. The van der Waals surface area contributed by atoms with Gasteiger partial charge in [-0.1, -0.05) is 24.0 Å². The van der Waals surface area contributed by atoms with Crippen LogP contribution in [-0.2, 0) is 9.53 Å². The summed E-state index contributed by atoms with van der Waals surface area (Å²) < 4.78 is 4.72. The van der Waals surface area contributed by atoms with Crippen molar-refractivity contribution in [3.63, 3.8) is 0 Å². The smallest absolute Gasteiger partial charge is 0.339 e. The van der Waals surface area contributed by atoms with E-state index in [1.165, 1.54) is 14.0 Å². The molecule has 0 spiro atoms. The molecule has 0 fully saturated rings. The number of esters is 1. The fraction of sp³-hybridized carbons (Fsp3) is 0.444. The number of hydrogen-bond donors (Lipinski definition) is 1. The van der Waals surface area contributed by atoms with Crippen molar-refractivity contribution < 1.29 is 19.4 Å². The molecular weight excluding hydrogens is 294 g/mol. The zero-order valence-electron chi connectivity index (χ0n) is 13.8. The third-order valence-electron chi connectivity index (χ3n) is 3.22. The van der Waals surface area contributed by atoms with Crippen LogP contribution in [0.3, 0.4) is 0 Å². The Bertz CT molecular complexity index is 599. The molecule has 0 aromatic heterocycles. The summed E-state index contributed by atoms with van der Waals surface area (Å²) in [5, 5.41) is 9.36. The first-order valence-electron chi connectivity index (χ1n) is 7.55. The molecule has 0 bridgehead atoms. The van der Waals surface area contributed by atoms with Crippen molar-refractivity contribution in [3.05, 3.63) is 35.4 Å². The number of rotatable bonds is 6. The van der Waals surface area contributed by atoms with E-state index in [4.69, 9.17) is 4.74 Å². The van der Waals surface area contributed by atoms with Crippen LogP contribution < -0.4 is 0 Å². The van der Waals surface area contributed by atoms with Gasteiger partial charge in [0, 0.05) is 32.0 Å². The highest BCUT2D eigenvalue weighted by Crippen LogP contribution is 2.08. The van der Waals surface area contributed by atoms with Gasteiger partial charge in [-0.2, -0.15) is 0 Å². The monoisotopic (exact) mass is 317 g/mol. The number of carbonyl (C=O) groups excluding carboxylic acids is 2. The molecular formula is C18H23NO4. The standard InChI is InChI=1S/C18H23NO4/c1-14(20)13-19(15(2)21)12-8-4-5-9-16-10-6-7-11-17(16)18(22)23-3/h6-7,10-11,14,20H,4,8,12-13H2,1-3H3. The molecule has 1 N–H and O–H groups in total. The molecule has 1 aromatic carbocycles. The predicted molar refractivity (Wildman–Crippen MR) is 87.8 cm³/mol. The van der Waals surface area contributed by atoms with Crippen molar-refractivity contribution >= 4 is 11.9 Å². The number of aliphatic hydroxyl groups is 1. The van der Waals surface area contributed by atoms with Gasteiger partial charge in [0.05, 0.1) is 18.8 Å². The van der Waals surface area contributed by atoms with Crippen molar-refractivity contribution in [2.24, 2.45) is 0 Å². The van der Waals surface area contributed by atoms with Gasteiger partial charge in [0.25, 0.3) is 0 Å². The summed E-state index contributed by atoms with van der Waals surface area (Å²) in [6.07, 6.45) is 0.760. The van der Waals surface area contributed by atoms with Gasteiger partial charge in [-0.05, 0) is 25.5 Å². The molecule has 0 aliphatic rings. The maximum absolute atomic E-state index is 11.6. The molecule has 23 heavy (non-hydrogen) atoms. The summed E-state index contributed by atoms with van der Waals surface area (Å²) in [5.41, 5.74) is 1.08. The van der Waals surface area contributed by atoms with Gasteiger partial charge < -0.3 is 14.7 Å². The van der Waals surface area contributed by atoms with Crippen molar-refractivity contribution in [3.8, 4) is 11.8 Å². The lowest BCUT2D eigenvalue weighted by molar-refractivity contribution is -0.130. The second kappa shape index (κ2) is 9.65. The lowest BCUT2D eigenvalue weighted by Gasteiger charge is -2.21. The lowest BCUT2D eigenvalue weighted by atomic mass is 10.1.